The summed E-state index contributed by atoms with van der Waals surface area (Å²) in [6, 6.07) is 5.61. The molecule has 1 aromatic carbocycles. The number of hydrazine groups is 1. The maximum Gasteiger partial charge on any atom is 0.325 e. The summed E-state index contributed by atoms with van der Waals surface area (Å²) >= 11 is 5.90. The quantitative estimate of drug-likeness (QED) is 0.345. The Bertz CT molecular complexity index is 1120. The number of amides is 3. The number of halogens is 2. The minimum atomic E-state index is -1.53. The Morgan fingerprint density at radius 1 is 1.28 bits per heavy atom. The van der Waals surface area contributed by atoms with Crippen molar-refractivity contribution in [2.45, 2.75) is 13.0 Å². The first-order chi connectivity index (χ1) is 15.0. The molecule has 0 radical (unpaired) electrons. The average molecular weight is 468 g/mol. The molecule has 0 bridgehead atoms. The smallest absolute Gasteiger partial charge is 0.325 e. The van der Waals surface area contributed by atoms with Crippen LogP contribution in [0.4, 0.5) is 15.8 Å². The van der Waals surface area contributed by atoms with E-state index in [1.54, 1.807) is 0 Å². The molecule has 0 aliphatic carbocycles. The number of hydrogen-bond donors (Lipinski definition) is 4. The predicted octanol–water partition coefficient (Wildman–Crippen LogP) is 0.811. The number of carboxylic acids is 1. The van der Waals surface area contributed by atoms with E-state index in [4.69, 9.17) is 22.4 Å². The maximum absolute atomic E-state index is 12.7. The van der Waals surface area contributed by atoms with Crippen LogP contribution >= 0.6 is 11.6 Å². The molecule has 32 heavy (non-hydrogen) atoms. The Hall–Kier alpha value is -3.93. The van der Waals surface area contributed by atoms with Gasteiger partial charge in [-0.05, 0) is 37.3 Å². The molecule has 1 heterocycles. The Morgan fingerprint density at radius 2 is 1.97 bits per heavy atom. The van der Waals surface area contributed by atoms with Crippen molar-refractivity contribution in [1.82, 2.24) is 15.0 Å². The van der Waals surface area contributed by atoms with E-state index >= 15 is 0 Å². The molecular weight excluding hydrogens is 449 g/mol. The summed E-state index contributed by atoms with van der Waals surface area (Å²) in [7, 11) is 0. The first kappa shape index (κ1) is 24.3. The van der Waals surface area contributed by atoms with E-state index in [9.17, 15) is 28.4 Å². The number of carbonyl (C=O) groups is 4. The molecule has 1 aromatic heterocycles. The Balaban J connectivity index is 2.22. The molecule has 1 atom stereocenters. The minimum absolute atomic E-state index is 0.138. The second-order valence-electron chi connectivity index (χ2n) is 6.48. The molecule has 0 saturated carbocycles. The Labute approximate surface area is 185 Å². The molecule has 5 N–H and O–H groups in total. The molecule has 0 aliphatic heterocycles. The van der Waals surface area contributed by atoms with Crippen molar-refractivity contribution >= 4 is 46.7 Å². The zero-order valence-corrected chi connectivity index (χ0v) is 17.4. The summed E-state index contributed by atoms with van der Waals surface area (Å²) < 4.78 is 13.6. The number of anilines is 2. The minimum Gasteiger partial charge on any atom is -0.480 e. The van der Waals surface area contributed by atoms with Gasteiger partial charge in [0, 0.05) is 11.8 Å². The number of rotatable bonds is 7. The number of carboxylic acid groups (broad SMARTS) is 1. The van der Waals surface area contributed by atoms with Gasteiger partial charge in [0.15, 0.2) is 6.67 Å². The topological polar surface area (TPSA) is 164 Å². The van der Waals surface area contributed by atoms with Crippen LogP contribution in [0.1, 0.15) is 23.3 Å². The lowest BCUT2D eigenvalue weighted by atomic mass is 10.2. The summed E-state index contributed by atoms with van der Waals surface area (Å²) in [6.45, 7) is -1.21. The third-order valence-electron chi connectivity index (χ3n) is 4.24. The van der Waals surface area contributed by atoms with Crippen LogP contribution < -0.4 is 22.0 Å². The van der Waals surface area contributed by atoms with Crippen molar-refractivity contribution in [3.8, 4) is 0 Å². The van der Waals surface area contributed by atoms with Gasteiger partial charge >= 0.3 is 5.97 Å². The zero-order chi connectivity index (χ0) is 24.0. The fourth-order valence-electron chi connectivity index (χ4n) is 2.52. The van der Waals surface area contributed by atoms with E-state index in [2.05, 4.69) is 5.32 Å². The number of nitrogens with zero attached hydrogens (tertiary/aromatic N) is 2. The normalized spacial score (nSPS) is 11.3. The number of hydrogen-bond acceptors (Lipinski definition) is 6. The number of carbonyl (C=O) groups excluding carboxylic acids is 3. The van der Waals surface area contributed by atoms with Crippen LogP contribution in [-0.4, -0.2) is 51.6 Å². The van der Waals surface area contributed by atoms with Gasteiger partial charge in [0.1, 0.15) is 18.3 Å². The molecule has 13 heteroatoms. The highest BCUT2D eigenvalue weighted by atomic mass is 35.5. The van der Waals surface area contributed by atoms with Crippen LogP contribution in [0.5, 0.6) is 0 Å². The molecule has 0 spiro atoms. The Morgan fingerprint density at radius 3 is 2.56 bits per heavy atom. The number of nitrogen functional groups attached to an aromatic ring is 1. The lowest BCUT2D eigenvalue weighted by Crippen LogP contribution is -2.51. The zero-order valence-electron chi connectivity index (χ0n) is 16.7. The highest BCUT2D eigenvalue weighted by Crippen LogP contribution is 2.20. The van der Waals surface area contributed by atoms with Gasteiger partial charge in [-0.1, -0.05) is 11.6 Å². The van der Waals surface area contributed by atoms with Crippen LogP contribution in [-0.2, 0) is 14.4 Å². The third-order valence-corrected chi connectivity index (χ3v) is 4.56. The predicted molar refractivity (Wildman–Crippen MR) is 113 cm³/mol. The molecule has 0 fully saturated rings. The second kappa shape index (κ2) is 10.4. The lowest BCUT2D eigenvalue weighted by molar-refractivity contribution is -0.150. The molecule has 0 saturated heterocycles. The van der Waals surface area contributed by atoms with Gasteiger partial charge in [-0.25, -0.2) is 9.40 Å². The summed E-state index contributed by atoms with van der Waals surface area (Å²) in [6.07, 6.45) is 1.25. The summed E-state index contributed by atoms with van der Waals surface area (Å²) in [4.78, 5) is 59.9. The van der Waals surface area contributed by atoms with Crippen LogP contribution in [0.25, 0.3) is 0 Å². The van der Waals surface area contributed by atoms with Crippen LogP contribution in [0.15, 0.2) is 41.3 Å². The van der Waals surface area contributed by atoms with E-state index in [-0.39, 0.29) is 22.0 Å². The second-order valence-corrected chi connectivity index (χ2v) is 6.89. The van der Waals surface area contributed by atoms with Crippen molar-refractivity contribution in [3.05, 3.63) is 57.5 Å². The molecule has 1 unspecified atom stereocenters. The van der Waals surface area contributed by atoms with E-state index in [1.165, 1.54) is 43.5 Å². The van der Waals surface area contributed by atoms with Crippen molar-refractivity contribution < 1.29 is 28.7 Å². The van der Waals surface area contributed by atoms with E-state index in [0.717, 1.165) is 4.57 Å². The number of pyridine rings is 1. The first-order valence-corrected chi connectivity index (χ1v) is 9.39. The molecule has 2 rings (SSSR count). The van der Waals surface area contributed by atoms with Gasteiger partial charge in [-0.3, -0.25) is 29.4 Å². The summed E-state index contributed by atoms with van der Waals surface area (Å²) in [5.41, 5.74) is 7.07. The monoisotopic (exact) mass is 467 g/mol. The fourth-order valence-corrected chi connectivity index (χ4v) is 2.70. The number of aliphatic carboxylic acids is 1. The summed E-state index contributed by atoms with van der Waals surface area (Å²) in [5, 5.41) is 11.7. The van der Waals surface area contributed by atoms with Gasteiger partial charge in [-0.15, -0.1) is 0 Å². The van der Waals surface area contributed by atoms with Crippen LogP contribution in [0, 0.1) is 0 Å². The van der Waals surface area contributed by atoms with Crippen molar-refractivity contribution in [3.63, 3.8) is 0 Å². The van der Waals surface area contributed by atoms with E-state index in [0.29, 0.717) is 5.01 Å². The average Bonchev–Trinajstić information content (AvgIpc) is 2.75. The lowest BCUT2D eigenvalue weighted by Gasteiger charge is -2.23. The number of alkyl halides is 1. The third kappa shape index (κ3) is 5.82. The highest BCUT2D eigenvalue weighted by molar-refractivity contribution is 6.33. The standard InChI is InChI=1S/C19H19ClFN5O6/c1-10(17(30)24-26(9-16(28)29)15(27)8-21)25-6-2-3-14(19(25)32)23-18(31)11-4-5-13(22)12(20)7-11/h2-7,10H,8-9,22H2,1H3,(H,23,31)(H,24,30)(H,28,29). The number of nitrogens with one attached hydrogen (secondary N) is 2. The van der Waals surface area contributed by atoms with E-state index < -0.39 is 48.5 Å². The van der Waals surface area contributed by atoms with Gasteiger partial charge in [0.05, 0.1) is 10.7 Å². The number of benzene rings is 1. The largest absolute Gasteiger partial charge is 0.480 e. The van der Waals surface area contributed by atoms with Crippen molar-refractivity contribution in [1.29, 1.82) is 0 Å². The van der Waals surface area contributed by atoms with Gasteiger partial charge in [0.25, 0.3) is 23.3 Å². The van der Waals surface area contributed by atoms with Crippen molar-refractivity contribution in [2.24, 2.45) is 0 Å². The SMILES string of the molecule is CC(C(=O)NN(CC(=O)O)C(=O)CF)n1cccc(NC(=O)c2ccc(N)c(Cl)c2)c1=O. The van der Waals surface area contributed by atoms with Gasteiger partial charge < -0.3 is 20.7 Å². The molecular formula is C19H19ClFN5O6. The Kier molecular flexibility index (Phi) is 7.91. The first-order valence-electron chi connectivity index (χ1n) is 9.01. The fraction of sp³-hybridized carbons (Fsp3) is 0.211. The highest BCUT2D eigenvalue weighted by Gasteiger charge is 2.24. The van der Waals surface area contributed by atoms with Crippen LogP contribution in [0.3, 0.4) is 0 Å². The molecule has 11 nitrogen and oxygen atoms in total. The number of aromatic nitrogens is 1. The van der Waals surface area contributed by atoms with Gasteiger partial charge in [0.2, 0.25) is 0 Å². The molecule has 3 amide bonds. The molecule has 2 aromatic rings. The van der Waals surface area contributed by atoms with E-state index in [1.807, 2.05) is 5.43 Å². The molecule has 170 valence electrons. The summed E-state index contributed by atoms with van der Waals surface area (Å²) in [5.74, 6) is -4.36. The van der Waals surface area contributed by atoms with Crippen molar-refractivity contribution in [2.75, 3.05) is 24.3 Å². The maximum atomic E-state index is 12.7. The molecule has 0 aliphatic rings. The van der Waals surface area contributed by atoms with Crippen LogP contribution in [0.2, 0.25) is 5.02 Å². The number of nitrogens with two attached hydrogens (primary N) is 1. The van der Waals surface area contributed by atoms with Gasteiger partial charge in [-0.2, -0.15) is 0 Å².